The van der Waals surface area contributed by atoms with Crippen LogP contribution in [0.5, 0.6) is 5.75 Å². The first-order valence-corrected chi connectivity index (χ1v) is 5.51. The number of alkyl halides is 1. The standard InChI is InChI=1S/C13H17ClO/c1-9-5-11(3)12(4)13(6-9)15-8-10(2)7-14/h5-6H,2,7-8H2,1,3-4H3. The maximum absolute atomic E-state index is 5.67. The summed E-state index contributed by atoms with van der Waals surface area (Å²) in [5.41, 5.74) is 4.55. The van der Waals surface area contributed by atoms with Gasteiger partial charge in [0.2, 0.25) is 0 Å². The van der Waals surface area contributed by atoms with Crippen molar-refractivity contribution in [2.45, 2.75) is 20.8 Å². The smallest absolute Gasteiger partial charge is 0.123 e. The van der Waals surface area contributed by atoms with Gasteiger partial charge in [-0.15, -0.1) is 11.6 Å². The molecular formula is C13H17ClO. The molecule has 0 aliphatic rings. The average Bonchev–Trinajstić information content (AvgIpc) is 2.20. The lowest BCUT2D eigenvalue weighted by atomic mass is 10.1. The Morgan fingerprint density at radius 2 is 2.00 bits per heavy atom. The molecule has 1 aromatic carbocycles. The second kappa shape index (κ2) is 5.22. The second-order valence-corrected chi connectivity index (χ2v) is 4.14. The van der Waals surface area contributed by atoms with Crippen molar-refractivity contribution >= 4 is 11.6 Å². The van der Waals surface area contributed by atoms with Gasteiger partial charge >= 0.3 is 0 Å². The van der Waals surface area contributed by atoms with E-state index in [-0.39, 0.29) is 0 Å². The van der Waals surface area contributed by atoms with Gasteiger partial charge in [-0.3, -0.25) is 0 Å². The van der Waals surface area contributed by atoms with Gasteiger partial charge in [0.25, 0.3) is 0 Å². The summed E-state index contributed by atoms with van der Waals surface area (Å²) >= 11 is 5.64. The maximum atomic E-state index is 5.67. The molecule has 0 aliphatic heterocycles. The number of aryl methyl sites for hydroxylation is 2. The lowest BCUT2D eigenvalue weighted by Crippen LogP contribution is -2.03. The number of halogens is 1. The lowest BCUT2D eigenvalue weighted by Gasteiger charge is -2.12. The Morgan fingerprint density at radius 1 is 1.33 bits per heavy atom. The fraction of sp³-hybridized carbons (Fsp3) is 0.385. The van der Waals surface area contributed by atoms with Crippen molar-refractivity contribution < 1.29 is 4.74 Å². The largest absolute Gasteiger partial charge is 0.489 e. The minimum atomic E-state index is 0.448. The highest BCUT2D eigenvalue weighted by Crippen LogP contribution is 2.23. The van der Waals surface area contributed by atoms with Crippen molar-refractivity contribution in [1.82, 2.24) is 0 Å². The Morgan fingerprint density at radius 3 is 2.60 bits per heavy atom. The number of ether oxygens (including phenoxy) is 1. The zero-order chi connectivity index (χ0) is 11.4. The molecule has 0 amide bonds. The molecule has 82 valence electrons. The molecule has 2 heteroatoms. The molecule has 0 aromatic heterocycles. The Labute approximate surface area is 96.7 Å². The van der Waals surface area contributed by atoms with Crippen molar-refractivity contribution in [3.05, 3.63) is 41.0 Å². The molecule has 0 bridgehead atoms. The summed E-state index contributed by atoms with van der Waals surface area (Å²) in [6.07, 6.45) is 0. The molecule has 0 heterocycles. The molecule has 0 spiro atoms. The summed E-state index contributed by atoms with van der Waals surface area (Å²) in [4.78, 5) is 0. The van der Waals surface area contributed by atoms with Crippen LogP contribution in [-0.2, 0) is 0 Å². The van der Waals surface area contributed by atoms with Crippen LogP contribution in [0.15, 0.2) is 24.3 Å². The van der Waals surface area contributed by atoms with E-state index in [4.69, 9.17) is 16.3 Å². The molecule has 0 saturated heterocycles. The maximum Gasteiger partial charge on any atom is 0.123 e. The first-order chi connectivity index (χ1) is 7.04. The summed E-state index contributed by atoms with van der Waals surface area (Å²) in [6, 6.07) is 4.20. The van der Waals surface area contributed by atoms with Crippen LogP contribution < -0.4 is 4.74 Å². The highest BCUT2D eigenvalue weighted by molar-refractivity contribution is 6.19. The Bertz CT molecular complexity index is 369. The van der Waals surface area contributed by atoms with Gasteiger partial charge in [0.1, 0.15) is 12.4 Å². The van der Waals surface area contributed by atoms with E-state index in [2.05, 4.69) is 33.4 Å². The third kappa shape index (κ3) is 3.28. The quantitative estimate of drug-likeness (QED) is 0.559. The van der Waals surface area contributed by atoms with Crippen LogP contribution in [0.1, 0.15) is 16.7 Å². The molecule has 1 aromatic rings. The molecule has 0 aliphatic carbocycles. The molecule has 0 radical (unpaired) electrons. The molecule has 0 N–H and O–H groups in total. The number of rotatable bonds is 4. The van der Waals surface area contributed by atoms with Gasteiger partial charge in [0.15, 0.2) is 0 Å². The molecule has 1 nitrogen and oxygen atoms in total. The lowest BCUT2D eigenvalue weighted by molar-refractivity contribution is 0.350. The second-order valence-electron chi connectivity index (χ2n) is 3.88. The highest BCUT2D eigenvalue weighted by Gasteiger charge is 2.04. The minimum absolute atomic E-state index is 0.448. The fourth-order valence-electron chi connectivity index (χ4n) is 1.37. The van der Waals surface area contributed by atoms with Gasteiger partial charge < -0.3 is 4.74 Å². The van der Waals surface area contributed by atoms with Gasteiger partial charge in [-0.05, 0) is 49.1 Å². The van der Waals surface area contributed by atoms with E-state index in [0.29, 0.717) is 12.5 Å². The average molecular weight is 225 g/mol. The Balaban J connectivity index is 2.81. The number of hydrogen-bond acceptors (Lipinski definition) is 1. The molecule has 15 heavy (non-hydrogen) atoms. The predicted octanol–water partition coefficient (Wildman–Crippen LogP) is 3.79. The topological polar surface area (TPSA) is 9.23 Å². The van der Waals surface area contributed by atoms with Gasteiger partial charge in [-0.1, -0.05) is 12.6 Å². The molecule has 0 atom stereocenters. The Kier molecular flexibility index (Phi) is 4.22. The van der Waals surface area contributed by atoms with Crippen molar-refractivity contribution in [3.63, 3.8) is 0 Å². The van der Waals surface area contributed by atoms with E-state index < -0.39 is 0 Å². The van der Waals surface area contributed by atoms with Crippen molar-refractivity contribution in [3.8, 4) is 5.75 Å². The van der Waals surface area contributed by atoms with Gasteiger partial charge in [0, 0.05) is 5.88 Å². The summed E-state index contributed by atoms with van der Waals surface area (Å²) in [6.45, 7) is 10.5. The Hall–Kier alpha value is -0.950. The van der Waals surface area contributed by atoms with Crippen LogP contribution >= 0.6 is 11.6 Å². The van der Waals surface area contributed by atoms with Crippen LogP contribution in [0.3, 0.4) is 0 Å². The molecule has 0 saturated carbocycles. The minimum Gasteiger partial charge on any atom is -0.489 e. The molecule has 0 fully saturated rings. The van der Waals surface area contributed by atoms with Gasteiger partial charge in [-0.25, -0.2) is 0 Å². The van der Waals surface area contributed by atoms with Gasteiger partial charge in [-0.2, -0.15) is 0 Å². The SMILES string of the molecule is C=C(CCl)COc1cc(C)cc(C)c1C. The van der Waals surface area contributed by atoms with Gasteiger partial charge in [0.05, 0.1) is 0 Å². The molecule has 1 rings (SSSR count). The fourth-order valence-corrected chi connectivity index (χ4v) is 1.45. The summed E-state index contributed by atoms with van der Waals surface area (Å²) in [5.74, 6) is 1.38. The van der Waals surface area contributed by atoms with E-state index in [0.717, 1.165) is 11.3 Å². The predicted molar refractivity (Wildman–Crippen MR) is 66.0 cm³/mol. The van der Waals surface area contributed by atoms with Crippen molar-refractivity contribution in [1.29, 1.82) is 0 Å². The van der Waals surface area contributed by atoms with E-state index in [1.807, 2.05) is 6.07 Å². The van der Waals surface area contributed by atoms with Crippen LogP contribution in [0.25, 0.3) is 0 Å². The first kappa shape index (κ1) is 12.1. The monoisotopic (exact) mass is 224 g/mol. The third-order valence-electron chi connectivity index (χ3n) is 2.38. The van der Waals surface area contributed by atoms with Crippen LogP contribution in [0.4, 0.5) is 0 Å². The zero-order valence-corrected chi connectivity index (χ0v) is 10.3. The van der Waals surface area contributed by atoms with Crippen LogP contribution in [0, 0.1) is 20.8 Å². The van der Waals surface area contributed by atoms with E-state index in [9.17, 15) is 0 Å². The highest BCUT2D eigenvalue weighted by atomic mass is 35.5. The summed E-state index contributed by atoms with van der Waals surface area (Å²) < 4.78 is 5.67. The molecule has 0 unspecified atom stereocenters. The normalized spacial score (nSPS) is 10.1. The number of benzene rings is 1. The van der Waals surface area contributed by atoms with E-state index >= 15 is 0 Å². The number of hydrogen-bond donors (Lipinski definition) is 0. The van der Waals surface area contributed by atoms with Crippen LogP contribution in [0.2, 0.25) is 0 Å². The van der Waals surface area contributed by atoms with Crippen molar-refractivity contribution in [2.24, 2.45) is 0 Å². The zero-order valence-electron chi connectivity index (χ0n) is 9.56. The van der Waals surface area contributed by atoms with E-state index in [1.54, 1.807) is 0 Å². The summed E-state index contributed by atoms with van der Waals surface area (Å²) in [7, 11) is 0. The molecular weight excluding hydrogens is 208 g/mol. The van der Waals surface area contributed by atoms with Crippen LogP contribution in [-0.4, -0.2) is 12.5 Å². The van der Waals surface area contributed by atoms with E-state index in [1.165, 1.54) is 16.7 Å². The first-order valence-electron chi connectivity index (χ1n) is 4.98. The van der Waals surface area contributed by atoms with Crippen molar-refractivity contribution in [2.75, 3.05) is 12.5 Å². The third-order valence-corrected chi connectivity index (χ3v) is 2.76. The summed E-state index contributed by atoms with van der Waals surface area (Å²) in [5, 5.41) is 0.